The van der Waals surface area contributed by atoms with Gasteiger partial charge in [0.2, 0.25) is 0 Å². The van der Waals surface area contributed by atoms with E-state index in [1.165, 1.54) is 19.3 Å². The van der Waals surface area contributed by atoms with Gasteiger partial charge in [0.1, 0.15) is 5.75 Å². The largest absolute Gasteiger partial charge is 0.511 e. The van der Waals surface area contributed by atoms with Gasteiger partial charge in [0.15, 0.2) is 0 Å². The van der Waals surface area contributed by atoms with Gasteiger partial charge < -0.3 is 9.84 Å². The summed E-state index contributed by atoms with van der Waals surface area (Å²) in [5.41, 5.74) is 0.976. The number of hydrogen-bond donors (Lipinski definition) is 1. The van der Waals surface area contributed by atoms with Gasteiger partial charge in [-0.1, -0.05) is 51.3 Å². The minimum Gasteiger partial charge on any atom is -0.449 e. The number of carboxylic acid groups (broad SMARTS) is 1. The second-order valence-corrected chi connectivity index (χ2v) is 4.97. The van der Waals surface area contributed by atoms with Crippen molar-refractivity contribution in [2.24, 2.45) is 5.92 Å². The number of para-hydroxylation sites is 1. The molecule has 0 unspecified atom stereocenters. The molecule has 0 bridgehead atoms. The Kier molecular flexibility index (Phi) is 6.26. The zero-order valence-electron chi connectivity index (χ0n) is 11.2. The molecule has 100 valence electrons. The van der Waals surface area contributed by atoms with Crippen LogP contribution in [0.4, 0.5) is 4.79 Å². The number of unbranched alkanes of at least 4 members (excludes halogenated alkanes) is 2. The van der Waals surface area contributed by atoms with Crippen molar-refractivity contribution in [2.75, 3.05) is 0 Å². The van der Waals surface area contributed by atoms with Gasteiger partial charge in [-0.15, -0.1) is 0 Å². The van der Waals surface area contributed by atoms with Gasteiger partial charge in [0, 0.05) is 0 Å². The SMILES string of the molecule is CC(C)CCCCCc1ccccc1OC(=O)O. The number of ether oxygens (including phenoxy) is 1. The number of benzene rings is 1. The molecule has 1 N–H and O–H groups in total. The zero-order chi connectivity index (χ0) is 13.4. The lowest BCUT2D eigenvalue weighted by molar-refractivity contribution is 0.144. The van der Waals surface area contributed by atoms with Crippen LogP contribution in [0.5, 0.6) is 5.75 Å². The second-order valence-electron chi connectivity index (χ2n) is 4.97. The predicted molar refractivity (Wildman–Crippen MR) is 72.1 cm³/mol. The van der Waals surface area contributed by atoms with Gasteiger partial charge in [-0.25, -0.2) is 4.79 Å². The highest BCUT2D eigenvalue weighted by Crippen LogP contribution is 2.21. The molecule has 0 heterocycles. The van der Waals surface area contributed by atoms with Gasteiger partial charge in [-0.05, 0) is 30.4 Å². The van der Waals surface area contributed by atoms with E-state index in [0.29, 0.717) is 5.75 Å². The summed E-state index contributed by atoms with van der Waals surface area (Å²) in [5, 5.41) is 8.64. The lowest BCUT2D eigenvalue weighted by Crippen LogP contribution is -2.05. The van der Waals surface area contributed by atoms with Crippen LogP contribution in [-0.4, -0.2) is 11.3 Å². The molecule has 0 fully saturated rings. The molecule has 0 aliphatic rings. The van der Waals surface area contributed by atoms with Crippen LogP contribution in [0, 0.1) is 5.92 Å². The van der Waals surface area contributed by atoms with Crippen molar-refractivity contribution in [1.82, 2.24) is 0 Å². The molecule has 1 aromatic carbocycles. The molecule has 0 spiro atoms. The second kappa shape index (κ2) is 7.75. The van der Waals surface area contributed by atoms with Crippen LogP contribution >= 0.6 is 0 Å². The van der Waals surface area contributed by atoms with Gasteiger partial charge in [-0.3, -0.25) is 0 Å². The van der Waals surface area contributed by atoms with Crippen molar-refractivity contribution in [2.45, 2.75) is 46.0 Å². The van der Waals surface area contributed by atoms with Crippen LogP contribution < -0.4 is 4.74 Å². The summed E-state index contributed by atoms with van der Waals surface area (Å²) in [4.78, 5) is 10.5. The predicted octanol–water partition coefficient (Wildman–Crippen LogP) is 4.50. The summed E-state index contributed by atoms with van der Waals surface area (Å²) in [6, 6.07) is 7.34. The number of aryl methyl sites for hydroxylation is 1. The molecule has 0 aliphatic heterocycles. The summed E-state index contributed by atoms with van der Waals surface area (Å²) < 4.78 is 4.76. The highest BCUT2D eigenvalue weighted by Gasteiger charge is 2.06. The van der Waals surface area contributed by atoms with Crippen LogP contribution in [0.25, 0.3) is 0 Å². The van der Waals surface area contributed by atoms with Crippen LogP contribution in [-0.2, 0) is 6.42 Å². The summed E-state index contributed by atoms with van der Waals surface area (Å²) in [6.45, 7) is 4.46. The smallest absolute Gasteiger partial charge is 0.449 e. The van der Waals surface area contributed by atoms with E-state index in [2.05, 4.69) is 13.8 Å². The fourth-order valence-corrected chi connectivity index (χ4v) is 1.95. The number of hydrogen-bond acceptors (Lipinski definition) is 2. The molecule has 18 heavy (non-hydrogen) atoms. The summed E-state index contributed by atoms with van der Waals surface area (Å²) in [5.74, 6) is 1.22. The Morgan fingerprint density at radius 3 is 2.61 bits per heavy atom. The maximum atomic E-state index is 10.5. The van der Waals surface area contributed by atoms with Crippen molar-refractivity contribution in [3.8, 4) is 5.75 Å². The summed E-state index contributed by atoms with van der Waals surface area (Å²) >= 11 is 0. The van der Waals surface area contributed by atoms with E-state index in [0.717, 1.165) is 24.3 Å². The van der Waals surface area contributed by atoms with E-state index < -0.39 is 6.16 Å². The van der Waals surface area contributed by atoms with Gasteiger partial charge in [0.25, 0.3) is 0 Å². The molecular formula is C15H22O3. The molecule has 1 rings (SSSR count). The van der Waals surface area contributed by atoms with Gasteiger partial charge >= 0.3 is 6.16 Å². The topological polar surface area (TPSA) is 46.5 Å². The Labute approximate surface area is 109 Å². The van der Waals surface area contributed by atoms with Crippen LogP contribution in [0.1, 0.15) is 45.1 Å². The lowest BCUT2D eigenvalue weighted by atomic mass is 10.0. The molecule has 0 atom stereocenters. The molecule has 0 amide bonds. The van der Waals surface area contributed by atoms with E-state index in [-0.39, 0.29) is 0 Å². The average Bonchev–Trinajstić information content (AvgIpc) is 2.29. The maximum Gasteiger partial charge on any atom is 0.511 e. The summed E-state index contributed by atoms with van der Waals surface area (Å²) in [6.07, 6.45) is 4.38. The van der Waals surface area contributed by atoms with Crippen molar-refractivity contribution >= 4 is 6.16 Å². The molecule has 1 aromatic rings. The van der Waals surface area contributed by atoms with Gasteiger partial charge in [-0.2, -0.15) is 0 Å². The quantitative estimate of drug-likeness (QED) is 0.440. The van der Waals surface area contributed by atoms with Crippen molar-refractivity contribution in [1.29, 1.82) is 0 Å². The Balaban J connectivity index is 2.39. The van der Waals surface area contributed by atoms with Gasteiger partial charge in [0.05, 0.1) is 0 Å². The molecule has 0 saturated carbocycles. The monoisotopic (exact) mass is 250 g/mol. The Morgan fingerprint density at radius 2 is 1.94 bits per heavy atom. The first-order chi connectivity index (χ1) is 8.59. The minimum absolute atomic E-state index is 0.467. The molecule has 3 nitrogen and oxygen atoms in total. The maximum absolute atomic E-state index is 10.5. The number of carbonyl (C=O) groups is 1. The molecular weight excluding hydrogens is 228 g/mol. The lowest BCUT2D eigenvalue weighted by Gasteiger charge is -2.08. The molecule has 0 aliphatic carbocycles. The van der Waals surface area contributed by atoms with Crippen LogP contribution in [0.2, 0.25) is 0 Å². The van der Waals surface area contributed by atoms with E-state index in [1.54, 1.807) is 12.1 Å². The standard InChI is InChI=1S/C15H22O3/c1-12(2)8-4-3-5-9-13-10-6-7-11-14(13)18-15(16)17/h6-7,10-12H,3-5,8-9H2,1-2H3,(H,16,17). The third kappa shape index (κ3) is 5.71. The van der Waals surface area contributed by atoms with E-state index in [1.807, 2.05) is 12.1 Å². The fourth-order valence-electron chi connectivity index (χ4n) is 1.95. The molecule has 0 aromatic heterocycles. The average molecular weight is 250 g/mol. The van der Waals surface area contributed by atoms with Crippen LogP contribution in [0.15, 0.2) is 24.3 Å². The third-order valence-electron chi connectivity index (χ3n) is 2.90. The highest BCUT2D eigenvalue weighted by atomic mass is 16.7. The van der Waals surface area contributed by atoms with E-state index >= 15 is 0 Å². The third-order valence-corrected chi connectivity index (χ3v) is 2.90. The normalized spacial score (nSPS) is 10.6. The first kappa shape index (κ1) is 14.6. The van der Waals surface area contributed by atoms with Crippen molar-refractivity contribution in [3.05, 3.63) is 29.8 Å². The molecule has 3 heteroatoms. The van der Waals surface area contributed by atoms with Crippen molar-refractivity contribution < 1.29 is 14.6 Å². The van der Waals surface area contributed by atoms with E-state index in [4.69, 9.17) is 9.84 Å². The first-order valence-corrected chi connectivity index (χ1v) is 6.58. The summed E-state index contributed by atoms with van der Waals surface area (Å²) in [7, 11) is 0. The Morgan fingerprint density at radius 1 is 1.22 bits per heavy atom. The minimum atomic E-state index is -1.25. The first-order valence-electron chi connectivity index (χ1n) is 6.58. The molecule has 0 saturated heterocycles. The number of rotatable bonds is 7. The highest BCUT2D eigenvalue weighted by molar-refractivity contribution is 5.62. The Bertz CT molecular complexity index is 372. The van der Waals surface area contributed by atoms with Crippen molar-refractivity contribution in [3.63, 3.8) is 0 Å². The zero-order valence-corrected chi connectivity index (χ0v) is 11.2. The van der Waals surface area contributed by atoms with Crippen LogP contribution in [0.3, 0.4) is 0 Å². The fraction of sp³-hybridized carbons (Fsp3) is 0.533. The Hall–Kier alpha value is -1.51. The van der Waals surface area contributed by atoms with E-state index in [9.17, 15) is 4.79 Å². The molecule has 0 radical (unpaired) electrons.